The molecule has 7 nitrogen and oxygen atoms in total. The number of benzene rings is 1. The summed E-state index contributed by atoms with van der Waals surface area (Å²) >= 11 is 0. The van der Waals surface area contributed by atoms with Crippen LogP contribution < -0.4 is 15.1 Å². The molecular weight excluding hydrogens is 322 g/mol. The van der Waals surface area contributed by atoms with Crippen molar-refractivity contribution >= 4 is 29.0 Å². The molecule has 0 unspecified atom stereocenters. The van der Waals surface area contributed by atoms with Gasteiger partial charge < -0.3 is 18.5 Å². The molecule has 0 aliphatic rings. The molecule has 2 aromatic heterocycles. The molecule has 1 amide bonds. The molecule has 0 atom stereocenters. The molecule has 0 fully saturated rings. The van der Waals surface area contributed by atoms with Crippen LogP contribution in [0.2, 0.25) is 0 Å². The lowest BCUT2D eigenvalue weighted by atomic mass is 10.2. The van der Waals surface area contributed by atoms with Crippen molar-refractivity contribution in [3.05, 3.63) is 47.9 Å². The highest BCUT2D eigenvalue weighted by Gasteiger charge is 2.12. The summed E-state index contributed by atoms with van der Waals surface area (Å²) in [5.41, 5.74) is 3.03. The van der Waals surface area contributed by atoms with Crippen LogP contribution in [0.25, 0.3) is 11.0 Å². The van der Waals surface area contributed by atoms with Gasteiger partial charge >= 0.3 is 5.91 Å². The van der Waals surface area contributed by atoms with Crippen molar-refractivity contribution in [2.24, 2.45) is 5.10 Å². The minimum absolute atomic E-state index is 0.175. The largest absolute Gasteiger partial charge is 0.494 e. The molecule has 25 heavy (non-hydrogen) atoms. The van der Waals surface area contributed by atoms with Crippen LogP contribution in [0.1, 0.15) is 23.2 Å². The number of hydrazone groups is 1. The molecule has 3 aromatic rings. The van der Waals surface area contributed by atoms with E-state index in [-0.39, 0.29) is 5.76 Å². The number of carbonyl (C=O) groups excluding carboxylic acids is 1. The summed E-state index contributed by atoms with van der Waals surface area (Å²) in [5.74, 6) is 1.71. The van der Waals surface area contributed by atoms with E-state index >= 15 is 0 Å². The van der Waals surface area contributed by atoms with Crippen molar-refractivity contribution in [2.45, 2.75) is 6.92 Å². The first-order chi connectivity index (χ1) is 12.1. The van der Waals surface area contributed by atoms with Gasteiger partial charge in [0.05, 0.1) is 12.8 Å². The zero-order chi connectivity index (χ0) is 17.8. The number of amides is 1. The van der Waals surface area contributed by atoms with E-state index in [0.29, 0.717) is 23.8 Å². The van der Waals surface area contributed by atoms with Gasteiger partial charge in [-0.05, 0) is 37.3 Å². The van der Waals surface area contributed by atoms with Crippen molar-refractivity contribution in [3.8, 4) is 5.75 Å². The minimum atomic E-state index is -0.440. The Bertz CT molecular complexity index is 908. The maximum atomic E-state index is 12.1. The Balaban J connectivity index is 1.68. The van der Waals surface area contributed by atoms with Gasteiger partial charge in [0.2, 0.25) is 0 Å². The van der Waals surface area contributed by atoms with Crippen molar-refractivity contribution in [2.75, 3.05) is 25.6 Å². The fourth-order valence-electron chi connectivity index (χ4n) is 2.25. The van der Waals surface area contributed by atoms with E-state index < -0.39 is 5.91 Å². The van der Waals surface area contributed by atoms with Crippen molar-refractivity contribution in [3.63, 3.8) is 0 Å². The number of furan rings is 2. The van der Waals surface area contributed by atoms with Crippen LogP contribution in [0.5, 0.6) is 5.75 Å². The van der Waals surface area contributed by atoms with Gasteiger partial charge in [0, 0.05) is 25.5 Å². The summed E-state index contributed by atoms with van der Waals surface area (Å²) in [6.07, 6.45) is 1.43. The third-order valence-corrected chi connectivity index (χ3v) is 3.43. The minimum Gasteiger partial charge on any atom is -0.494 e. The Morgan fingerprint density at radius 2 is 2.08 bits per heavy atom. The lowest BCUT2D eigenvalue weighted by Gasteiger charge is -2.05. The highest BCUT2D eigenvalue weighted by Crippen LogP contribution is 2.24. The Morgan fingerprint density at radius 1 is 1.24 bits per heavy atom. The van der Waals surface area contributed by atoms with Crippen LogP contribution in [0, 0.1) is 0 Å². The fraction of sp³-hybridized carbons (Fsp3) is 0.222. The van der Waals surface area contributed by atoms with Crippen LogP contribution in [0.3, 0.4) is 0 Å². The number of hydrogen-bond acceptors (Lipinski definition) is 6. The number of rotatable bonds is 6. The highest BCUT2D eigenvalue weighted by molar-refractivity contribution is 5.96. The topological polar surface area (TPSA) is 80.2 Å². The maximum Gasteiger partial charge on any atom is 0.307 e. The SMILES string of the molecule is CCOc1ccc2oc(C(=O)N/N=C/c3ccc(N(C)C)o3)cc2c1. The van der Waals surface area contributed by atoms with Gasteiger partial charge in [0.15, 0.2) is 11.6 Å². The summed E-state index contributed by atoms with van der Waals surface area (Å²) < 4.78 is 16.5. The number of nitrogens with one attached hydrogen (secondary N) is 1. The number of anilines is 1. The monoisotopic (exact) mass is 341 g/mol. The van der Waals surface area contributed by atoms with Crippen LogP contribution in [-0.4, -0.2) is 32.8 Å². The van der Waals surface area contributed by atoms with E-state index in [0.717, 1.165) is 11.1 Å². The van der Waals surface area contributed by atoms with Crippen molar-refractivity contribution in [1.29, 1.82) is 0 Å². The van der Waals surface area contributed by atoms with Gasteiger partial charge in [-0.15, -0.1) is 0 Å². The molecular formula is C18H19N3O4. The van der Waals surface area contributed by atoms with Crippen molar-refractivity contribution < 1.29 is 18.4 Å². The number of hydrogen-bond donors (Lipinski definition) is 1. The van der Waals surface area contributed by atoms with E-state index in [9.17, 15) is 4.79 Å². The Kier molecular flexibility index (Phi) is 4.74. The molecule has 3 rings (SSSR count). The normalized spacial score (nSPS) is 11.2. The molecule has 1 aromatic carbocycles. The Labute approximate surface area is 144 Å². The fourth-order valence-corrected chi connectivity index (χ4v) is 2.25. The van der Waals surface area contributed by atoms with Gasteiger partial charge in [-0.1, -0.05) is 0 Å². The molecule has 0 aliphatic carbocycles. The Hall–Kier alpha value is -3.22. The zero-order valence-electron chi connectivity index (χ0n) is 14.3. The van der Waals surface area contributed by atoms with E-state index in [2.05, 4.69) is 10.5 Å². The molecule has 0 aliphatic heterocycles. The first-order valence-corrected chi connectivity index (χ1v) is 7.84. The summed E-state index contributed by atoms with van der Waals surface area (Å²) in [4.78, 5) is 14.0. The predicted molar refractivity (Wildman–Crippen MR) is 95.5 cm³/mol. The van der Waals surface area contributed by atoms with Crippen LogP contribution in [0.15, 0.2) is 50.3 Å². The van der Waals surface area contributed by atoms with Crippen LogP contribution in [0.4, 0.5) is 5.88 Å². The molecule has 0 saturated carbocycles. The van der Waals surface area contributed by atoms with Crippen molar-refractivity contribution in [1.82, 2.24) is 5.43 Å². The number of nitrogens with zero attached hydrogens (tertiary/aromatic N) is 2. The second-order valence-corrected chi connectivity index (χ2v) is 5.51. The van der Waals surface area contributed by atoms with Crippen LogP contribution in [-0.2, 0) is 0 Å². The standard InChI is InChI=1S/C18H19N3O4/c1-4-23-13-5-7-15-12(9-13)10-16(25-15)18(22)20-19-11-14-6-8-17(24-14)21(2)3/h5-11H,4H2,1-3H3,(H,20,22)/b19-11+. The molecule has 2 heterocycles. The van der Waals surface area contributed by atoms with Gasteiger partial charge in [-0.2, -0.15) is 5.10 Å². The maximum absolute atomic E-state index is 12.1. The first kappa shape index (κ1) is 16.6. The number of fused-ring (bicyclic) bond motifs is 1. The van der Waals surface area contributed by atoms with Crippen LogP contribution >= 0.6 is 0 Å². The summed E-state index contributed by atoms with van der Waals surface area (Å²) in [7, 11) is 3.75. The van der Waals surface area contributed by atoms with E-state index in [1.54, 1.807) is 24.3 Å². The molecule has 0 saturated heterocycles. The average molecular weight is 341 g/mol. The van der Waals surface area contributed by atoms with E-state index in [1.807, 2.05) is 38.1 Å². The molecule has 7 heteroatoms. The predicted octanol–water partition coefficient (Wildman–Crippen LogP) is 3.25. The third kappa shape index (κ3) is 3.82. The lowest BCUT2D eigenvalue weighted by molar-refractivity contribution is 0.0929. The van der Waals surface area contributed by atoms with E-state index in [4.69, 9.17) is 13.6 Å². The molecule has 0 radical (unpaired) electrons. The van der Waals surface area contributed by atoms with Gasteiger partial charge in [-0.3, -0.25) is 4.79 Å². The van der Waals surface area contributed by atoms with Gasteiger partial charge in [0.25, 0.3) is 0 Å². The second-order valence-electron chi connectivity index (χ2n) is 5.51. The molecule has 0 bridgehead atoms. The molecule has 1 N–H and O–H groups in total. The first-order valence-electron chi connectivity index (χ1n) is 7.84. The lowest BCUT2D eigenvalue weighted by Crippen LogP contribution is -2.16. The van der Waals surface area contributed by atoms with E-state index in [1.165, 1.54) is 6.21 Å². The van der Waals surface area contributed by atoms with Gasteiger partial charge in [0.1, 0.15) is 17.1 Å². The number of carbonyl (C=O) groups is 1. The average Bonchev–Trinajstić information content (AvgIpc) is 3.21. The highest BCUT2D eigenvalue weighted by atomic mass is 16.5. The summed E-state index contributed by atoms with van der Waals surface area (Å²) in [6.45, 7) is 2.49. The molecule has 130 valence electrons. The molecule has 0 spiro atoms. The quantitative estimate of drug-likeness (QED) is 0.550. The Morgan fingerprint density at radius 3 is 2.80 bits per heavy atom. The summed E-state index contributed by atoms with van der Waals surface area (Å²) in [6, 6.07) is 10.6. The zero-order valence-corrected chi connectivity index (χ0v) is 14.3. The smallest absolute Gasteiger partial charge is 0.307 e. The second kappa shape index (κ2) is 7.12. The summed E-state index contributed by atoms with van der Waals surface area (Å²) in [5, 5.41) is 4.68. The number of ether oxygens (including phenoxy) is 1. The third-order valence-electron chi connectivity index (χ3n) is 3.43. The van der Waals surface area contributed by atoms with Gasteiger partial charge in [-0.25, -0.2) is 5.43 Å².